The zero-order valence-corrected chi connectivity index (χ0v) is 14.4. The molecule has 4 rings (SSSR count). The van der Waals surface area contributed by atoms with Crippen LogP contribution in [-0.4, -0.2) is 43.2 Å². The number of nitrogens with zero attached hydrogens (tertiary/aromatic N) is 1. The highest BCUT2D eigenvalue weighted by atomic mass is 32.1. The maximum atomic E-state index is 12.4. The largest absolute Gasteiger partial charge is 0.377 e. The molecule has 1 aliphatic carbocycles. The summed E-state index contributed by atoms with van der Waals surface area (Å²) >= 11 is 1.69. The van der Waals surface area contributed by atoms with Crippen molar-refractivity contribution in [3.8, 4) is 0 Å². The lowest BCUT2D eigenvalue weighted by Crippen LogP contribution is -2.50. The fourth-order valence-corrected chi connectivity index (χ4v) is 4.60. The van der Waals surface area contributed by atoms with Crippen LogP contribution in [0.1, 0.15) is 30.6 Å². The molecule has 2 aliphatic heterocycles. The van der Waals surface area contributed by atoms with Crippen LogP contribution in [0, 0.1) is 17.8 Å². The Balaban J connectivity index is 1.28. The van der Waals surface area contributed by atoms with Crippen molar-refractivity contribution in [1.29, 1.82) is 0 Å². The van der Waals surface area contributed by atoms with Gasteiger partial charge in [0.25, 0.3) is 0 Å². The molecule has 3 fully saturated rings. The summed E-state index contributed by atoms with van der Waals surface area (Å²) in [6.07, 6.45) is 5.33. The van der Waals surface area contributed by atoms with E-state index in [2.05, 4.69) is 16.3 Å². The maximum Gasteiger partial charge on any atom is 0.225 e. The van der Waals surface area contributed by atoms with Gasteiger partial charge in [0.05, 0.1) is 25.2 Å². The van der Waals surface area contributed by atoms with Crippen LogP contribution in [0.5, 0.6) is 0 Å². The van der Waals surface area contributed by atoms with Crippen molar-refractivity contribution >= 4 is 17.2 Å². The van der Waals surface area contributed by atoms with Crippen LogP contribution in [0.25, 0.3) is 0 Å². The van der Waals surface area contributed by atoms with E-state index >= 15 is 0 Å². The van der Waals surface area contributed by atoms with Gasteiger partial charge in [-0.3, -0.25) is 4.79 Å². The first-order valence-electron chi connectivity index (χ1n) is 8.92. The average molecular weight is 334 g/mol. The molecule has 2 saturated heterocycles. The second-order valence-electron chi connectivity index (χ2n) is 7.35. The van der Waals surface area contributed by atoms with Gasteiger partial charge in [0.2, 0.25) is 5.91 Å². The number of piperidine rings is 1. The van der Waals surface area contributed by atoms with E-state index in [-0.39, 0.29) is 11.8 Å². The molecule has 0 spiro atoms. The van der Waals surface area contributed by atoms with E-state index in [1.807, 2.05) is 11.4 Å². The van der Waals surface area contributed by atoms with Crippen LogP contribution in [0.15, 0.2) is 17.5 Å². The number of rotatable bonds is 5. The summed E-state index contributed by atoms with van der Waals surface area (Å²) in [7, 11) is 0. The summed E-state index contributed by atoms with van der Waals surface area (Å²) < 4.78 is 6.04. The summed E-state index contributed by atoms with van der Waals surface area (Å²) in [5, 5.41) is 5.13. The Bertz CT molecular complexity index is 529. The highest BCUT2D eigenvalue weighted by Gasteiger charge is 2.39. The minimum Gasteiger partial charge on any atom is -0.377 e. The van der Waals surface area contributed by atoms with E-state index in [1.54, 1.807) is 11.3 Å². The molecule has 1 aromatic heterocycles. The number of ether oxygens (including phenoxy) is 1. The number of hydrogen-bond donors (Lipinski definition) is 1. The van der Waals surface area contributed by atoms with E-state index in [0.29, 0.717) is 25.2 Å². The summed E-state index contributed by atoms with van der Waals surface area (Å²) in [5.41, 5.74) is 0. The van der Waals surface area contributed by atoms with Crippen LogP contribution >= 0.6 is 11.3 Å². The Kier molecular flexibility index (Phi) is 4.69. The number of fused-ring (bicyclic) bond motifs is 1. The van der Waals surface area contributed by atoms with Crippen LogP contribution < -0.4 is 5.32 Å². The molecule has 3 heterocycles. The molecular weight excluding hydrogens is 308 g/mol. The number of thiophene rings is 1. The average Bonchev–Trinajstić information content (AvgIpc) is 3.23. The Labute approximate surface area is 142 Å². The van der Waals surface area contributed by atoms with E-state index in [1.165, 1.54) is 30.8 Å². The standard InChI is InChI=1S/C18H26N2O2S/c21-18(19-9-16-2-1-7-23-16)15-8-14-11-20(10-13-3-4-13)6-5-17(14)22-12-15/h1-2,7,13-15,17H,3-6,8-12H2,(H,19,21)/t14-,15-,17+/m0/s1. The Hall–Kier alpha value is -0.910. The molecule has 1 amide bonds. The third-order valence-corrected chi connectivity index (χ3v) is 6.32. The van der Waals surface area contributed by atoms with Gasteiger partial charge >= 0.3 is 0 Å². The Morgan fingerprint density at radius 3 is 3.09 bits per heavy atom. The fraction of sp³-hybridized carbons (Fsp3) is 0.722. The highest BCUT2D eigenvalue weighted by molar-refractivity contribution is 7.09. The SMILES string of the molecule is O=C(NCc1cccs1)[C@@H]1CO[C@@H]2CCN(CC3CC3)C[C@@H]2C1. The van der Waals surface area contributed by atoms with Crippen LogP contribution in [-0.2, 0) is 16.1 Å². The smallest absolute Gasteiger partial charge is 0.225 e. The zero-order valence-electron chi connectivity index (χ0n) is 13.6. The van der Waals surface area contributed by atoms with E-state index < -0.39 is 0 Å². The molecular formula is C18H26N2O2S. The first-order chi connectivity index (χ1) is 11.3. The summed E-state index contributed by atoms with van der Waals surface area (Å²) in [4.78, 5) is 16.3. The lowest BCUT2D eigenvalue weighted by atomic mass is 9.83. The molecule has 0 unspecified atom stereocenters. The van der Waals surface area contributed by atoms with Gasteiger partial charge in [0.1, 0.15) is 0 Å². The van der Waals surface area contributed by atoms with Crippen molar-refractivity contribution in [2.75, 3.05) is 26.2 Å². The molecule has 23 heavy (non-hydrogen) atoms. The molecule has 126 valence electrons. The molecule has 3 atom stereocenters. The highest BCUT2D eigenvalue weighted by Crippen LogP contribution is 2.35. The van der Waals surface area contributed by atoms with Crippen LogP contribution in [0.2, 0.25) is 0 Å². The third kappa shape index (κ3) is 3.95. The molecule has 1 N–H and O–H groups in total. The van der Waals surface area contributed by atoms with Gasteiger partial charge in [-0.15, -0.1) is 11.3 Å². The molecule has 0 aromatic carbocycles. The van der Waals surface area contributed by atoms with E-state index in [0.717, 1.165) is 25.3 Å². The van der Waals surface area contributed by atoms with Gasteiger partial charge in [0.15, 0.2) is 0 Å². The van der Waals surface area contributed by atoms with Crippen LogP contribution in [0.3, 0.4) is 0 Å². The molecule has 0 radical (unpaired) electrons. The van der Waals surface area contributed by atoms with Crippen LogP contribution in [0.4, 0.5) is 0 Å². The summed E-state index contributed by atoms with van der Waals surface area (Å²) in [5.74, 6) is 1.67. The minimum absolute atomic E-state index is 0.0251. The molecule has 3 aliphatic rings. The summed E-state index contributed by atoms with van der Waals surface area (Å²) in [6, 6.07) is 4.09. The molecule has 4 nitrogen and oxygen atoms in total. The predicted molar refractivity (Wildman–Crippen MR) is 91.3 cm³/mol. The third-order valence-electron chi connectivity index (χ3n) is 5.45. The zero-order chi connectivity index (χ0) is 15.6. The Morgan fingerprint density at radius 1 is 1.39 bits per heavy atom. The van der Waals surface area contributed by atoms with E-state index in [9.17, 15) is 4.79 Å². The van der Waals surface area contributed by atoms with Gasteiger partial charge in [-0.2, -0.15) is 0 Å². The van der Waals surface area contributed by atoms with Gasteiger partial charge in [-0.05, 0) is 49.0 Å². The lowest BCUT2D eigenvalue weighted by Gasteiger charge is -2.43. The van der Waals surface area contributed by atoms with Crippen molar-refractivity contribution in [2.24, 2.45) is 17.8 Å². The number of nitrogens with one attached hydrogen (secondary N) is 1. The van der Waals surface area contributed by atoms with Gasteiger partial charge in [-0.25, -0.2) is 0 Å². The molecule has 0 bridgehead atoms. The van der Waals surface area contributed by atoms with E-state index in [4.69, 9.17) is 4.74 Å². The summed E-state index contributed by atoms with van der Waals surface area (Å²) in [6.45, 7) is 4.80. The molecule has 5 heteroatoms. The second-order valence-corrected chi connectivity index (χ2v) is 8.39. The maximum absolute atomic E-state index is 12.4. The molecule has 1 saturated carbocycles. The van der Waals surface area contributed by atoms with Gasteiger partial charge in [-0.1, -0.05) is 6.07 Å². The number of amides is 1. The van der Waals surface area contributed by atoms with Crippen molar-refractivity contribution in [2.45, 2.75) is 38.3 Å². The topological polar surface area (TPSA) is 41.6 Å². The number of carbonyl (C=O) groups is 1. The van der Waals surface area contributed by atoms with Crippen molar-refractivity contribution in [1.82, 2.24) is 10.2 Å². The second kappa shape index (κ2) is 6.91. The predicted octanol–water partition coefficient (Wildman–Crippen LogP) is 2.50. The Morgan fingerprint density at radius 2 is 2.30 bits per heavy atom. The quantitative estimate of drug-likeness (QED) is 0.899. The van der Waals surface area contributed by atoms with Crippen molar-refractivity contribution in [3.05, 3.63) is 22.4 Å². The first kappa shape index (κ1) is 15.6. The van der Waals surface area contributed by atoms with Crippen molar-refractivity contribution in [3.63, 3.8) is 0 Å². The fourth-order valence-electron chi connectivity index (χ4n) is 3.95. The number of hydrogen-bond acceptors (Lipinski definition) is 4. The monoisotopic (exact) mass is 334 g/mol. The number of likely N-dealkylation sites (tertiary alicyclic amines) is 1. The first-order valence-corrected chi connectivity index (χ1v) is 9.80. The molecule has 1 aromatic rings. The normalized spacial score (nSPS) is 31.6. The number of carbonyl (C=O) groups excluding carboxylic acids is 1. The van der Waals surface area contributed by atoms with Crippen molar-refractivity contribution < 1.29 is 9.53 Å². The van der Waals surface area contributed by atoms with Gasteiger partial charge in [0, 0.05) is 24.5 Å². The minimum atomic E-state index is 0.0251. The van der Waals surface area contributed by atoms with Gasteiger partial charge < -0.3 is 15.0 Å². The lowest BCUT2D eigenvalue weighted by molar-refractivity contribution is -0.139.